The third kappa shape index (κ3) is 3.58. The Labute approximate surface area is 141 Å². The highest BCUT2D eigenvalue weighted by Gasteiger charge is 2.33. The molecule has 1 nitrogen and oxygen atoms in total. The molecule has 0 bridgehead atoms. The molecule has 2 rings (SSSR count). The lowest BCUT2D eigenvalue weighted by Crippen LogP contribution is -2.24. The lowest BCUT2D eigenvalue weighted by molar-refractivity contribution is 0.395. The van der Waals surface area contributed by atoms with E-state index in [1.165, 1.54) is 11.1 Å². The highest BCUT2D eigenvalue weighted by Crippen LogP contribution is 2.51. The number of rotatable bonds is 6. The summed E-state index contributed by atoms with van der Waals surface area (Å²) >= 11 is 0. The highest BCUT2D eigenvalue weighted by molar-refractivity contribution is 7.48. The van der Waals surface area contributed by atoms with Crippen molar-refractivity contribution < 1.29 is 9.13 Å². The first-order valence-electron chi connectivity index (χ1n) is 8.15. The number of hydrogen-bond acceptors (Lipinski definition) is 1. The van der Waals surface area contributed by atoms with Gasteiger partial charge in [0.25, 0.3) is 0 Å². The van der Waals surface area contributed by atoms with Crippen molar-refractivity contribution >= 4 is 13.9 Å². The summed E-state index contributed by atoms with van der Waals surface area (Å²) in [5.74, 6) is 0.837. The number of methoxy groups -OCH3 is 1. The summed E-state index contributed by atoms with van der Waals surface area (Å²) in [7, 11) is 2.10. The first-order chi connectivity index (χ1) is 11.0. The van der Waals surface area contributed by atoms with Crippen LogP contribution in [0.3, 0.4) is 0 Å². The van der Waals surface area contributed by atoms with Crippen LogP contribution in [0.15, 0.2) is 36.4 Å². The molecule has 0 N–H and O–H groups in total. The van der Waals surface area contributed by atoms with E-state index in [2.05, 4.69) is 39.8 Å². The average Bonchev–Trinajstić information content (AvgIpc) is 2.54. The molecule has 0 saturated carbocycles. The molecule has 124 valence electrons. The highest BCUT2D eigenvalue weighted by atomic mass is 31.1. The van der Waals surface area contributed by atoms with Crippen LogP contribution in [0, 0.1) is 19.7 Å². The molecule has 0 radical (unpaired) electrons. The first-order valence-corrected chi connectivity index (χ1v) is 9.15. The van der Waals surface area contributed by atoms with Crippen LogP contribution in [0.5, 0.6) is 5.75 Å². The summed E-state index contributed by atoms with van der Waals surface area (Å²) in [6.45, 7) is 8.57. The fourth-order valence-corrected chi connectivity index (χ4v) is 4.85. The van der Waals surface area contributed by atoms with Crippen LogP contribution >= 0.6 is 8.58 Å². The fraction of sp³-hybridized carbons (Fsp3) is 0.400. The summed E-state index contributed by atoms with van der Waals surface area (Å²) in [4.78, 5) is 0. The molecule has 1 unspecified atom stereocenters. The molecule has 0 amide bonds. The van der Waals surface area contributed by atoms with Gasteiger partial charge in [0.2, 0.25) is 0 Å². The van der Waals surface area contributed by atoms with Gasteiger partial charge in [-0.15, -0.1) is 0 Å². The third-order valence-corrected chi connectivity index (χ3v) is 6.72. The lowest BCUT2D eigenvalue weighted by Gasteiger charge is -2.35. The third-order valence-electron chi connectivity index (χ3n) is 4.59. The topological polar surface area (TPSA) is 9.23 Å². The number of hydrogen-bond donors (Lipinski definition) is 0. The normalized spacial score (nSPS) is 12.1. The number of benzene rings is 2. The lowest BCUT2D eigenvalue weighted by atomic mass is 9.89. The van der Waals surface area contributed by atoms with Crippen LogP contribution in [0.4, 0.5) is 4.39 Å². The summed E-state index contributed by atoms with van der Waals surface area (Å²) in [5, 5.41) is 0.710. The Kier molecular flexibility index (Phi) is 5.81. The Bertz CT molecular complexity index is 677. The summed E-state index contributed by atoms with van der Waals surface area (Å²) in [6, 6.07) is 11.5. The molecule has 23 heavy (non-hydrogen) atoms. The SMILES string of the molecule is CCC(CC)(Pc1ccccc1F)c1cc(C)cc(C)c1OC. The van der Waals surface area contributed by atoms with Gasteiger partial charge in [-0.25, -0.2) is 4.39 Å². The minimum atomic E-state index is -0.111. The van der Waals surface area contributed by atoms with Crippen LogP contribution in [0.2, 0.25) is 0 Å². The van der Waals surface area contributed by atoms with Crippen molar-refractivity contribution in [1.29, 1.82) is 0 Å². The molecule has 0 aliphatic carbocycles. The molecule has 2 aromatic rings. The zero-order valence-electron chi connectivity index (χ0n) is 14.7. The predicted molar refractivity (Wildman–Crippen MR) is 99.1 cm³/mol. The zero-order valence-corrected chi connectivity index (χ0v) is 15.7. The Hall–Kier alpha value is -1.40. The van der Waals surface area contributed by atoms with Gasteiger partial charge in [0, 0.05) is 16.0 Å². The monoisotopic (exact) mass is 332 g/mol. The Morgan fingerprint density at radius 3 is 2.30 bits per heavy atom. The van der Waals surface area contributed by atoms with Gasteiger partial charge in [-0.05, 0) is 38.3 Å². The summed E-state index contributed by atoms with van der Waals surface area (Å²) in [5.41, 5.74) is 3.58. The van der Waals surface area contributed by atoms with E-state index in [0.29, 0.717) is 8.58 Å². The minimum Gasteiger partial charge on any atom is -0.496 e. The molecule has 1 atom stereocenters. The molecule has 0 aliphatic rings. The van der Waals surface area contributed by atoms with E-state index >= 15 is 0 Å². The second-order valence-corrected chi connectivity index (χ2v) is 7.80. The quantitative estimate of drug-likeness (QED) is 0.637. The minimum absolute atomic E-state index is 0.0929. The molecule has 0 saturated heterocycles. The maximum absolute atomic E-state index is 14.2. The Morgan fingerprint density at radius 2 is 1.74 bits per heavy atom. The number of halogens is 1. The molecule has 0 aromatic heterocycles. The smallest absolute Gasteiger partial charge is 0.130 e. The van der Waals surface area contributed by atoms with E-state index in [1.807, 2.05) is 12.1 Å². The van der Waals surface area contributed by atoms with E-state index in [-0.39, 0.29) is 11.0 Å². The van der Waals surface area contributed by atoms with Gasteiger partial charge in [-0.1, -0.05) is 58.3 Å². The molecule has 0 aliphatic heterocycles. The van der Waals surface area contributed by atoms with E-state index in [4.69, 9.17) is 4.74 Å². The van der Waals surface area contributed by atoms with Gasteiger partial charge in [-0.2, -0.15) is 0 Å². The van der Waals surface area contributed by atoms with Crippen molar-refractivity contribution in [2.45, 2.75) is 45.7 Å². The number of aryl methyl sites for hydroxylation is 2. The van der Waals surface area contributed by atoms with Gasteiger partial charge in [0.1, 0.15) is 11.6 Å². The van der Waals surface area contributed by atoms with E-state index in [1.54, 1.807) is 19.2 Å². The second-order valence-electron chi connectivity index (χ2n) is 6.06. The van der Waals surface area contributed by atoms with Crippen LogP contribution < -0.4 is 10.0 Å². The first kappa shape index (κ1) is 17.9. The van der Waals surface area contributed by atoms with Gasteiger partial charge < -0.3 is 4.74 Å². The second kappa shape index (κ2) is 7.45. The van der Waals surface area contributed by atoms with E-state index in [9.17, 15) is 4.39 Å². The van der Waals surface area contributed by atoms with Gasteiger partial charge >= 0.3 is 0 Å². The van der Waals surface area contributed by atoms with Crippen LogP contribution in [0.25, 0.3) is 0 Å². The average molecular weight is 332 g/mol. The summed E-state index contributed by atoms with van der Waals surface area (Å²) in [6.07, 6.45) is 1.91. The Balaban J connectivity index is 2.60. The summed E-state index contributed by atoms with van der Waals surface area (Å²) < 4.78 is 19.9. The molecular formula is C20H26FOP. The van der Waals surface area contributed by atoms with Gasteiger partial charge in [0.15, 0.2) is 0 Å². The maximum Gasteiger partial charge on any atom is 0.130 e. The van der Waals surface area contributed by atoms with Gasteiger partial charge in [-0.3, -0.25) is 0 Å². The van der Waals surface area contributed by atoms with Crippen LogP contribution in [-0.2, 0) is 5.16 Å². The molecule has 0 spiro atoms. The number of ether oxygens (including phenoxy) is 1. The molecule has 0 heterocycles. The van der Waals surface area contributed by atoms with Crippen molar-refractivity contribution in [3.05, 3.63) is 58.9 Å². The van der Waals surface area contributed by atoms with E-state index < -0.39 is 0 Å². The van der Waals surface area contributed by atoms with Crippen LogP contribution in [0.1, 0.15) is 43.4 Å². The zero-order chi connectivity index (χ0) is 17.0. The van der Waals surface area contributed by atoms with E-state index in [0.717, 1.165) is 29.5 Å². The predicted octanol–water partition coefficient (Wildman–Crippen LogP) is 5.47. The van der Waals surface area contributed by atoms with Crippen molar-refractivity contribution in [3.8, 4) is 5.75 Å². The molecule has 3 heteroatoms. The fourth-order valence-electron chi connectivity index (χ4n) is 3.28. The van der Waals surface area contributed by atoms with Crippen molar-refractivity contribution in [2.24, 2.45) is 0 Å². The van der Waals surface area contributed by atoms with Crippen molar-refractivity contribution in [3.63, 3.8) is 0 Å². The largest absolute Gasteiger partial charge is 0.496 e. The Morgan fingerprint density at radius 1 is 1.09 bits per heavy atom. The van der Waals surface area contributed by atoms with Gasteiger partial charge in [0.05, 0.1) is 7.11 Å². The standard InChI is InChI=1S/C20H26FOP/c1-6-20(7-2,23-18-11-9-8-10-17(18)21)16-13-14(3)12-15(4)19(16)22-5/h8-13,23H,6-7H2,1-5H3. The van der Waals surface area contributed by atoms with Crippen LogP contribution in [-0.4, -0.2) is 7.11 Å². The van der Waals surface area contributed by atoms with Crippen molar-refractivity contribution in [2.75, 3.05) is 7.11 Å². The van der Waals surface area contributed by atoms with Crippen molar-refractivity contribution in [1.82, 2.24) is 0 Å². The molecular weight excluding hydrogens is 306 g/mol. The maximum atomic E-state index is 14.2. The molecule has 2 aromatic carbocycles. The molecule has 0 fully saturated rings.